The van der Waals surface area contributed by atoms with Crippen LogP contribution in [0.5, 0.6) is 5.75 Å². The van der Waals surface area contributed by atoms with E-state index in [9.17, 15) is 22.0 Å². The Bertz CT molecular complexity index is 1360. The van der Waals surface area contributed by atoms with Gasteiger partial charge in [0.05, 0.1) is 19.0 Å². The molecule has 0 spiro atoms. The van der Waals surface area contributed by atoms with Gasteiger partial charge < -0.3 is 4.74 Å². The molecule has 37 heavy (non-hydrogen) atoms. The lowest BCUT2D eigenvalue weighted by Gasteiger charge is -2.12. The van der Waals surface area contributed by atoms with Crippen molar-refractivity contribution in [3.8, 4) is 17.1 Å². The van der Waals surface area contributed by atoms with Gasteiger partial charge in [0.25, 0.3) is 0 Å². The molecule has 0 saturated carbocycles. The van der Waals surface area contributed by atoms with E-state index in [1.54, 1.807) is 42.7 Å². The Hall–Kier alpha value is -3.62. The van der Waals surface area contributed by atoms with Crippen molar-refractivity contribution in [2.24, 2.45) is 0 Å². The number of nitrogens with zero attached hydrogens (tertiary/aromatic N) is 2. The van der Waals surface area contributed by atoms with E-state index in [2.05, 4.69) is 16.9 Å². The Morgan fingerprint density at radius 1 is 0.838 bits per heavy atom. The molecule has 4 rings (SSSR count). The molecule has 3 aromatic carbocycles. The second-order valence-electron chi connectivity index (χ2n) is 8.70. The van der Waals surface area contributed by atoms with Crippen molar-refractivity contribution in [1.82, 2.24) is 9.97 Å². The standard InChI is InChI=1S/C28H24F6N2O/c1-2-3-4-11-37-21-15-35-27(36-16-21)20-9-10-22-19(14-20)8-7-18(26(22)31)6-5-17-12-23(29)25(24(30)13-17)28(32,33)34/h7-10,12-16H,2-6,11H2,1H3. The number of aryl methyl sites for hydroxylation is 2. The van der Waals surface area contributed by atoms with Crippen molar-refractivity contribution in [3.63, 3.8) is 0 Å². The van der Waals surface area contributed by atoms with Gasteiger partial charge in [0, 0.05) is 10.9 Å². The average molecular weight is 519 g/mol. The fourth-order valence-corrected chi connectivity index (χ4v) is 4.07. The highest BCUT2D eigenvalue weighted by molar-refractivity contribution is 5.87. The Morgan fingerprint density at radius 2 is 1.54 bits per heavy atom. The molecule has 0 radical (unpaired) electrons. The Labute approximate surface area is 210 Å². The number of aromatic nitrogens is 2. The maximum Gasteiger partial charge on any atom is 0.422 e. The van der Waals surface area contributed by atoms with Crippen LogP contribution in [0.25, 0.3) is 22.2 Å². The molecule has 1 aromatic heterocycles. The quantitative estimate of drug-likeness (QED) is 0.166. The van der Waals surface area contributed by atoms with Crippen LogP contribution in [0.4, 0.5) is 26.3 Å². The first-order valence-corrected chi connectivity index (χ1v) is 11.9. The van der Waals surface area contributed by atoms with Gasteiger partial charge in [-0.2, -0.15) is 13.2 Å². The van der Waals surface area contributed by atoms with E-state index in [0.29, 0.717) is 46.6 Å². The van der Waals surface area contributed by atoms with Crippen LogP contribution in [-0.4, -0.2) is 16.6 Å². The molecule has 0 aliphatic heterocycles. The molecule has 9 heteroatoms. The highest BCUT2D eigenvalue weighted by Crippen LogP contribution is 2.34. The number of ether oxygens (including phenoxy) is 1. The topological polar surface area (TPSA) is 35.0 Å². The SMILES string of the molecule is CCCCCOc1cnc(-c2ccc3c(F)c(CCc4cc(F)c(C(F)(F)F)c(F)c4)ccc3c2)nc1. The van der Waals surface area contributed by atoms with Gasteiger partial charge in [-0.15, -0.1) is 0 Å². The first-order valence-electron chi connectivity index (χ1n) is 11.9. The van der Waals surface area contributed by atoms with Gasteiger partial charge in [-0.3, -0.25) is 0 Å². The Kier molecular flexibility index (Phi) is 8.00. The number of unbranched alkanes of at least 4 members (excludes halogenated alkanes) is 2. The van der Waals surface area contributed by atoms with Crippen molar-refractivity contribution in [1.29, 1.82) is 0 Å². The van der Waals surface area contributed by atoms with E-state index in [1.807, 2.05) is 0 Å². The summed E-state index contributed by atoms with van der Waals surface area (Å²) in [6.07, 6.45) is 1.20. The molecule has 194 valence electrons. The molecule has 0 bridgehead atoms. The summed E-state index contributed by atoms with van der Waals surface area (Å²) in [6, 6.07) is 9.56. The Morgan fingerprint density at radius 3 is 2.19 bits per heavy atom. The van der Waals surface area contributed by atoms with Crippen molar-refractivity contribution >= 4 is 10.8 Å². The zero-order valence-corrected chi connectivity index (χ0v) is 20.0. The summed E-state index contributed by atoms with van der Waals surface area (Å²) in [7, 11) is 0. The summed E-state index contributed by atoms with van der Waals surface area (Å²) in [5.41, 5.74) is -0.954. The van der Waals surface area contributed by atoms with Crippen LogP contribution >= 0.6 is 0 Å². The Balaban J connectivity index is 1.48. The highest BCUT2D eigenvalue weighted by Gasteiger charge is 2.37. The zero-order chi connectivity index (χ0) is 26.6. The third kappa shape index (κ3) is 6.21. The van der Waals surface area contributed by atoms with Crippen molar-refractivity contribution < 1.29 is 31.1 Å². The number of alkyl halides is 3. The van der Waals surface area contributed by atoms with Gasteiger partial charge in [0.1, 0.15) is 23.0 Å². The predicted molar refractivity (Wildman–Crippen MR) is 129 cm³/mol. The summed E-state index contributed by atoms with van der Waals surface area (Å²) in [4.78, 5) is 8.66. The van der Waals surface area contributed by atoms with E-state index in [4.69, 9.17) is 4.74 Å². The minimum atomic E-state index is -5.13. The number of rotatable bonds is 9. The molecule has 0 unspecified atom stereocenters. The molecule has 0 aliphatic carbocycles. The van der Waals surface area contributed by atoms with E-state index >= 15 is 4.39 Å². The lowest BCUT2D eigenvalue weighted by molar-refractivity contribution is -0.142. The number of hydrogen-bond donors (Lipinski definition) is 0. The van der Waals surface area contributed by atoms with Crippen LogP contribution in [0.15, 0.2) is 54.9 Å². The predicted octanol–water partition coefficient (Wildman–Crippen LogP) is 8.09. The summed E-state index contributed by atoms with van der Waals surface area (Å²) in [5.74, 6) is -2.85. The minimum Gasteiger partial charge on any atom is -0.490 e. The lowest BCUT2D eigenvalue weighted by atomic mass is 9.98. The highest BCUT2D eigenvalue weighted by atomic mass is 19.4. The van der Waals surface area contributed by atoms with Crippen LogP contribution < -0.4 is 4.74 Å². The third-order valence-electron chi connectivity index (χ3n) is 6.01. The molecule has 0 fully saturated rings. The minimum absolute atomic E-state index is 0.00721. The molecule has 4 aromatic rings. The van der Waals surface area contributed by atoms with Gasteiger partial charge in [-0.1, -0.05) is 44.0 Å². The molecule has 0 saturated heterocycles. The summed E-state index contributed by atoms with van der Waals surface area (Å²) in [6.45, 7) is 2.71. The number of halogens is 6. The number of hydrogen-bond acceptors (Lipinski definition) is 3. The van der Waals surface area contributed by atoms with Crippen LogP contribution in [0.2, 0.25) is 0 Å². The smallest absolute Gasteiger partial charge is 0.422 e. The van der Waals surface area contributed by atoms with E-state index < -0.39 is 29.2 Å². The molecular weight excluding hydrogens is 494 g/mol. The normalized spacial score (nSPS) is 11.8. The van der Waals surface area contributed by atoms with Gasteiger partial charge in [0.15, 0.2) is 11.6 Å². The maximum absolute atomic E-state index is 15.2. The van der Waals surface area contributed by atoms with Crippen molar-refractivity contribution in [3.05, 3.63) is 89.0 Å². The average Bonchev–Trinajstić information content (AvgIpc) is 2.85. The van der Waals surface area contributed by atoms with Crippen LogP contribution in [0.3, 0.4) is 0 Å². The van der Waals surface area contributed by atoms with Gasteiger partial charge in [-0.05, 0) is 54.0 Å². The first kappa shape index (κ1) is 26.4. The lowest BCUT2D eigenvalue weighted by Crippen LogP contribution is -2.12. The largest absolute Gasteiger partial charge is 0.490 e. The van der Waals surface area contributed by atoms with E-state index in [1.165, 1.54) is 0 Å². The summed E-state index contributed by atoms with van der Waals surface area (Å²) < 4.78 is 86.8. The van der Waals surface area contributed by atoms with Gasteiger partial charge in [0.2, 0.25) is 0 Å². The number of fused-ring (bicyclic) bond motifs is 1. The van der Waals surface area contributed by atoms with Crippen LogP contribution in [0, 0.1) is 17.5 Å². The van der Waals surface area contributed by atoms with E-state index in [0.717, 1.165) is 19.3 Å². The second-order valence-corrected chi connectivity index (χ2v) is 8.70. The van der Waals surface area contributed by atoms with E-state index in [-0.39, 0.29) is 24.0 Å². The fraction of sp³-hybridized carbons (Fsp3) is 0.286. The second kappa shape index (κ2) is 11.2. The molecule has 1 heterocycles. The van der Waals surface area contributed by atoms with Crippen molar-refractivity contribution in [2.45, 2.75) is 45.2 Å². The number of benzene rings is 3. The van der Waals surface area contributed by atoms with Gasteiger partial charge >= 0.3 is 6.18 Å². The fourth-order valence-electron chi connectivity index (χ4n) is 4.07. The zero-order valence-electron chi connectivity index (χ0n) is 20.0. The molecular formula is C28H24F6N2O. The molecule has 0 amide bonds. The first-order chi connectivity index (χ1) is 17.7. The maximum atomic E-state index is 15.2. The molecule has 0 atom stereocenters. The molecule has 0 N–H and O–H groups in total. The van der Waals surface area contributed by atoms with Gasteiger partial charge in [-0.25, -0.2) is 23.1 Å². The molecule has 0 aliphatic rings. The van der Waals surface area contributed by atoms with Crippen LogP contribution in [0.1, 0.15) is 42.9 Å². The monoisotopic (exact) mass is 518 g/mol. The summed E-state index contributed by atoms with van der Waals surface area (Å²) in [5, 5.41) is 0.941. The third-order valence-corrected chi connectivity index (χ3v) is 6.01. The molecule has 3 nitrogen and oxygen atoms in total. The summed E-state index contributed by atoms with van der Waals surface area (Å²) >= 11 is 0. The van der Waals surface area contributed by atoms with Crippen molar-refractivity contribution in [2.75, 3.05) is 6.61 Å². The van der Waals surface area contributed by atoms with Crippen LogP contribution in [-0.2, 0) is 19.0 Å².